The Morgan fingerprint density at radius 3 is 0.841 bits per heavy atom. The first-order valence-corrected chi connectivity index (χ1v) is 17.6. The molecule has 9 nitrogen and oxygen atoms in total. The summed E-state index contributed by atoms with van der Waals surface area (Å²) in [7, 11) is -7.33. The second kappa shape index (κ2) is 42.4. The number of phenols is 2. The van der Waals surface area contributed by atoms with Crippen molar-refractivity contribution in [3.63, 3.8) is 0 Å². The van der Waals surface area contributed by atoms with Crippen LogP contribution in [0, 0.1) is 0 Å². The van der Waals surface area contributed by atoms with Gasteiger partial charge in [-0.2, -0.15) is 16.8 Å². The Morgan fingerprint density at radius 1 is 0.545 bits per heavy atom. The Kier molecular flexibility index (Phi) is 63.6. The first-order valence-electron chi connectivity index (χ1n) is 11.5. The van der Waals surface area contributed by atoms with E-state index in [9.17, 15) is 21.9 Å². The van der Waals surface area contributed by atoms with E-state index < -0.39 is 20.2 Å². The summed E-state index contributed by atoms with van der Waals surface area (Å²) in [5.41, 5.74) is 0. The molecule has 17 heteroatoms. The maximum absolute atomic E-state index is 10.6. The average Bonchev–Trinajstić information content (AvgIpc) is 2.87. The Bertz CT molecular complexity index is 1010. The van der Waals surface area contributed by atoms with Crippen LogP contribution in [-0.4, -0.2) is 65.5 Å². The Labute approximate surface area is 317 Å². The third-order valence-corrected chi connectivity index (χ3v) is 4.54. The number of benzene rings is 3. The largest absolute Gasteiger partial charge is 1.00 e. The minimum atomic E-state index is -3.67. The molecule has 0 saturated heterocycles. The van der Waals surface area contributed by atoms with E-state index in [1.807, 2.05) is 59.7 Å². The number of rotatable bonds is 0. The van der Waals surface area contributed by atoms with E-state index >= 15 is 0 Å². The SMILES string of the molecule is C.CC.CC.CC.CS(=O)(=O)O.CS(=O)(=O)O.Oc1ccccc1Br.Oc1ccccc1Br.[B].[B].[Na+].[O-]c1ccccc1Br. The summed E-state index contributed by atoms with van der Waals surface area (Å²) >= 11 is 9.37. The van der Waals surface area contributed by atoms with Crippen molar-refractivity contribution in [2.24, 2.45) is 0 Å². The smallest absolute Gasteiger partial charge is 0.872 e. The summed E-state index contributed by atoms with van der Waals surface area (Å²) in [6.45, 7) is 12.0. The van der Waals surface area contributed by atoms with Gasteiger partial charge in [0, 0.05) is 21.3 Å². The molecule has 0 aromatic heterocycles. The van der Waals surface area contributed by atoms with Gasteiger partial charge in [-0.3, -0.25) is 9.11 Å². The molecule has 0 saturated carbocycles. The third-order valence-electron chi connectivity index (χ3n) is 2.54. The zero-order valence-electron chi connectivity index (χ0n) is 25.9. The van der Waals surface area contributed by atoms with Crippen LogP contribution in [0.1, 0.15) is 49.0 Å². The average molecular weight is 861 g/mol. The molecular weight excluding hydrogens is 817 g/mol. The van der Waals surface area contributed by atoms with Crippen molar-refractivity contribution in [2.45, 2.75) is 49.0 Å². The number of phenolic OH excluding ortho intramolecular Hbond substituents is 2. The van der Waals surface area contributed by atoms with Gasteiger partial charge in [0.25, 0.3) is 20.2 Å². The molecule has 3 rings (SSSR count). The van der Waals surface area contributed by atoms with Gasteiger partial charge in [0.05, 0.1) is 21.5 Å². The van der Waals surface area contributed by atoms with Crippen molar-refractivity contribution in [2.75, 3.05) is 12.5 Å². The van der Waals surface area contributed by atoms with E-state index in [-0.39, 0.29) is 71.1 Å². The molecule has 0 fully saturated rings. The van der Waals surface area contributed by atoms with Gasteiger partial charge < -0.3 is 15.3 Å². The minimum Gasteiger partial charge on any atom is -0.872 e. The molecule has 0 spiro atoms. The molecule has 6 radical (unpaired) electrons. The van der Waals surface area contributed by atoms with Gasteiger partial charge in [0.1, 0.15) is 11.5 Å². The molecule has 3 aromatic carbocycles. The van der Waals surface area contributed by atoms with Gasteiger partial charge in [-0.1, -0.05) is 113 Å². The van der Waals surface area contributed by atoms with Gasteiger partial charge in [0.15, 0.2) is 0 Å². The van der Waals surface area contributed by atoms with Crippen molar-refractivity contribution in [1.82, 2.24) is 0 Å². The number of hydrogen-bond donors (Lipinski definition) is 4. The fraction of sp³-hybridized carbons (Fsp3) is 0.333. The van der Waals surface area contributed by atoms with Crippen LogP contribution < -0.4 is 34.7 Å². The van der Waals surface area contributed by atoms with Crippen molar-refractivity contribution >= 4 is 84.9 Å². The predicted octanol–water partition coefficient (Wildman–Crippen LogP) is 4.80. The van der Waals surface area contributed by atoms with Crippen molar-refractivity contribution in [3.8, 4) is 17.2 Å². The summed E-state index contributed by atoms with van der Waals surface area (Å²) in [5, 5.41) is 28.3. The Morgan fingerprint density at radius 2 is 0.727 bits per heavy atom. The molecule has 0 aliphatic heterocycles. The van der Waals surface area contributed by atoms with Crippen LogP contribution in [0.3, 0.4) is 0 Å². The van der Waals surface area contributed by atoms with E-state index in [2.05, 4.69) is 47.8 Å². The second-order valence-electron chi connectivity index (χ2n) is 5.80. The Hall–Kier alpha value is -0.550. The molecule has 0 heterocycles. The number of aromatic hydroxyl groups is 2. The van der Waals surface area contributed by atoms with E-state index in [1.165, 1.54) is 6.07 Å². The third kappa shape index (κ3) is 64.4. The molecule has 0 aliphatic rings. The maximum atomic E-state index is 10.6. The predicted molar refractivity (Wildman–Crippen MR) is 192 cm³/mol. The quantitative estimate of drug-likeness (QED) is 0.183. The van der Waals surface area contributed by atoms with Crippen LogP contribution in [0.4, 0.5) is 0 Å². The fourth-order valence-electron chi connectivity index (χ4n) is 1.35. The van der Waals surface area contributed by atoms with E-state index in [0.717, 1.165) is 8.95 Å². The van der Waals surface area contributed by atoms with Crippen LogP contribution in [0.25, 0.3) is 0 Å². The van der Waals surface area contributed by atoms with Crippen molar-refractivity contribution in [1.29, 1.82) is 0 Å². The molecule has 0 unspecified atom stereocenters. The maximum Gasteiger partial charge on any atom is 1.00 e. The van der Waals surface area contributed by atoms with Crippen LogP contribution in [-0.2, 0) is 20.2 Å². The zero-order valence-corrected chi connectivity index (χ0v) is 34.3. The summed E-state index contributed by atoms with van der Waals surface area (Å²) in [4.78, 5) is 0. The molecule has 246 valence electrons. The molecule has 44 heavy (non-hydrogen) atoms. The first kappa shape index (κ1) is 66.0. The fourth-order valence-corrected chi connectivity index (χ4v) is 2.20. The molecule has 0 bridgehead atoms. The van der Waals surface area contributed by atoms with Gasteiger partial charge in [-0.05, 0) is 62.2 Å². The molecule has 3 aromatic rings. The number of halogens is 3. The monoisotopic (exact) mass is 858 g/mol. The Balaban J connectivity index is -0.0000000472. The molecule has 4 N–H and O–H groups in total. The number of para-hydroxylation sites is 3. The standard InChI is InChI=1S/3C6H5BrO.3C2H6.2CH4O3S.CH4.2B.Na/c3*7-5-3-1-2-4-6(5)8;3*1-2;2*1-5(2,3)4;;;;/h3*1-4,8H;3*1-2H3;2*1H3,(H,2,3,4);1H4;;;/q;;;;;;;;;;;+1/p-1. The molecule has 0 aliphatic carbocycles. The van der Waals surface area contributed by atoms with Crippen LogP contribution in [0.15, 0.2) is 86.2 Å². The van der Waals surface area contributed by atoms with Gasteiger partial charge >= 0.3 is 29.6 Å². The molecule has 0 amide bonds. The van der Waals surface area contributed by atoms with Crippen molar-refractivity contribution in [3.05, 3.63) is 86.2 Å². The van der Waals surface area contributed by atoms with Gasteiger partial charge in [0.2, 0.25) is 0 Å². The summed E-state index contributed by atoms with van der Waals surface area (Å²) in [5.74, 6) is 0.604. The second-order valence-corrected chi connectivity index (χ2v) is 11.3. The zero-order chi connectivity index (χ0) is 32.9. The van der Waals surface area contributed by atoms with Crippen LogP contribution >= 0.6 is 47.8 Å². The minimum absolute atomic E-state index is 0. The summed E-state index contributed by atoms with van der Waals surface area (Å²) in [6, 6.07) is 20.9. The van der Waals surface area contributed by atoms with Gasteiger partial charge in [-0.15, -0.1) is 0 Å². The van der Waals surface area contributed by atoms with Crippen LogP contribution in [0.5, 0.6) is 17.2 Å². The van der Waals surface area contributed by atoms with E-state index in [4.69, 9.17) is 19.3 Å². The van der Waals surface area contributed by atoms with Gasteiger partial charge in [-0.25, -0.2) is 0 Å². The van der Waals surface area contributed by atoms with Crippen molar-refractivity contribution < 1.29 is 70.8 Å². The molecular formula is C27H44B2Br3NaO9S2. The van der Waals surface area contributed by atoms with E-state index in [0.29, 0.717) is 17.0 Å². The normalized spacial score (nSPS) is 8.02. The number of hydrogen-bond acceptors (Lipinski definition) is 7. The van der Waals surface area contributed by atoms with E-state index in [1.54, 1.807) is 48.5 Å². The van der Waals surface area contributed by atoms with Crippen LogP contribution in [0.2, 0.25) is 0 Å². The summed E-state index contributed by atoms with van der Waals surface area (Å²) in [6.07, 6.45) is 1.43. The topological polar surface area (TPSA) is 172 Å². The summed E-state index contributed by atoms with van der Waals surface area (Å²) < 4.78 is 53.8. The molecule has 0 atom stereocenters. The first-order chi connectivity index (χ1) is 18.4.